The summed E-state index contributed by atoms with van der Waals surface area (Å²) < 4.78 is 23.2. The lowest BCUT2D eigenvalue weighted by molar-refractivity contribution is -0.132. The topological polar surface area (TPSA) is 115 Å². The van der Waals surface area contributed by atoms with E-state index in [9.17, 15) is 18.0 Å². The van der Waals surface area contributed by atoms with Gasteiger partial charge in [-0.25, -0.2) is 13.4 Å². The molecule has 170 valence electrons. The van der Waals surface area contributed by atoms with Crippen molar-refractivity contribution >= 4 is 44.1 Å². The predicted molar refractivity (Wildman–Crippen MR) is 122 cm³/mol. The number of nitrogens with one attached hydrogen (secondary N) is 2. The molecule has 2 amide bonds. The van der Waals surface area contributed by atoms with Gasteiger partial charge < -0.3 is 15.2 Å². The van der Waals surface area contributed by atoms with Gasteiger partial charge in [0.15, 0.2) is 9.84 Å². The Morgan fingerprint density at radius 2 is 1.97 bits per heavy atom. The van der Waals surface area contributed by atoms with Crippen LogP contribution in [-0.2, 0) is 19.4 Å². The van der Waals surface area contributed by atoms with Crippen LogP contribution in [0.3, 0.4) is 0 Å². The Balaban J connectivity index is 1.27. The minimum Gasteiger partial charge on any atom is -0.346 e. The average molecular weight is 458 g/mol. The molecule has 2 fully saturated rings. The summed E-state index contributed by atoms with van der Waals surface area (Å²) >= 11 is 0. The molecule has 2 aromatic rings. The second-order valence-corrected chi connectivity index (χ2v) is 11.1. The summed E-state index contributed by atoms with van der Waals surface area (Å²) in [7, 11) is -2.95. The average Bonchev–Trinajstić information content (AvgIpc) is 3.53. The molecule has 2 aliphatic heterocycles. The highest BCUT2D eigenvalue weighted by molar-refractivity contribution is 7.91. The van der Waals surface area contributed by atoms with E-state index in [0.29, 0.717) is 38.4 Å². The standard InChI is InChI=1S/C22H27N5O4S/c28-20(14-26-9-11-32(30,31)12-10-26)27-7-4-15(5-8-27)18-13-19(25-22(29)16-1-2-16)24-21-17(18)3-6-23-21/h3-4,6,13,16H,1-2,5,7-12,14H2,(H2,23,24,25,29). The Bertz CT molecular complexity index is 1180. The summed E-state index contributed by atoms with van der Waals surface area (Å²) in [5.41, 5.74) is 2.88. The minimum atomic E-state index is -2.95. The molecular formula is C22H27N5O4S. The van der Waals surface area contributed by atoms with E-state index in [4.69, 9.17) is 0 Å². The maximum absolute atomic E-state index is 12.7. The summed E-state index contributed by atoms with van der Waals surface area (Å²) in [4.78, 5) is 36.3. The molecule has 0 atom stereocenters. The number of amides is 2. The number of fused-ring (bicyclic) bond motifs is 1. The summed E-state index contributed by atoms with van der Waals surface area (Å²) in [6, 6.07) is 3.90. The van der Waals surface area contributed by atoms with Crippen molar-refractivity contribution in [3.05, 3.63) is 30.0 Å². The van der Waals surface area contributed by atoms with Crippen molar-refractivity contribution in [2.45, 2.75) is 19.3 Å². The van der Waals surface area contributed by atoms with Crippen molar-refractivity contribution < 1.29 is 18.0 Å². The van der Waals surface area contributed by atoms with Gasteiger partial charge in [-0.2, -0.15) is 0 Å². The highest BCUT2D eigenvalue weighted by Crippen LogP contribution is 2.33. The number of aromatic amines is 1. The van der Waals surface area contributed by atoms with E-state index in [-0.39, 0.29) is 35.8 Å². The zero-order valence-electron chi connectivity index (χ0n) is 17.8. The van der Waals surface area contributed by atoms with Crippen LogP contribution in [0.5, 0.6) is 0 Å². The molecule has 1 aliphatic carbocycles. The van der Waals surface area contributed by atoms with Gasteiger partial charge in [-0.15, -0.1) is 0 Å². The third-order valence-corrected chi connectivity index (χ3v) is 8.04. The van der Waals surface area contributed by atoms with Crippen LogP contribution in [0.2, 0.25) is 0 Å². The third-order valence-electron chi connectivity index (χ3n) is 6.43. The molecule has 2 aromatic heterocycles. The number of rotatable bonds is 5. The van der Waals surface area contributed by atoms with Gasteiger partial charge in [0, 0.05) is 43.7 Å². The van der Waals surface area contributed by atoms with E-state index in [1.807, 2.05) is 28.1 Å². The number of H-pyrrole nitrogens is 1. The van der Waals surface area contributed by atoms with Gasteiger partial charge in [0.25, 0.3) is 0 Å². The number of anilines is 1. The van der Waals surface area contributed by atoms with Crippen LogP contribution < -0.4 is 5.32 Å². The number of hydrogen-bond donors (Lipinski definition) is 2. The van der Waals surface area contributed by atoms with Gasteiger partial charge in [-0.3, -0.25) is 14.5 Å². The minimum absolute atomic E-state index is 0.0225. The van der Waals surface area contributed by atoms with Crippen molar-refractivity contribution in [3.8, 4) is 0 Å². The molecule has 0 aromatic carbocycles. The quantitative estimate of drug-likeness (QED) is 0.698. The Labute approximate surface area is 186 Å². The first kappa shape index (κ1) is 21.1. The van der Waals surface area contributed by atoms with Crippen LogP contribution in [0.15, 0.2) is 24.4 Å². The Morgan fingerprint density at radius 3 is 2.66 bits per heavy atom. The van der Waals surface area contributed by atoms with Gasteiger partial charge in [-0.1, -0.05) is 6.08 Å². The molecule has 0 spiro atoms. The van der Waals surface area contributed by atoms with Gasteiger partial charge in [0.05, 0.1) is 18.1 Å². The number of nitrogens with zero attached hydrogens (tertiary/aromatic N) is 3. The Morgan fingerprint density at radius 1 is 1.19 bits per heavy atom. The molecule has 10 heteroatoms. The first-order valence-corrected chi connectivity index (χ1v) is 12.9. The Hall–Kier alpha value is -2.72. The molecule has 3 aliphatic rings. The molecule has 4 heterocycles. The lowest BCUT2D eigenvalue weighted by atomic mass is 9.97. The van der Waals surface area contributed by atoms with E-state index in [0.717, 1.165) is 35.0 Å². The first-order valence-electron chi connectivity index (χ1n) is 11.1. The SMILES string of the molecule is O=C(Nc1cc(C2=CCN(C(=O)CN3CCS(=O)(=O)CC3)CC2)c2cc[nH]c2n1)C1CC1. The van der Waals surface area contributed by atoms with Crippen molar-refractivity contribution in [1.82, 2.24) is 19.8 Å². The van der Waals surface area contributed by atoms with E-state index < -0.39 is 9.84 Å². The molecular weight excluding hydrogens is 430 g/mol. The molecule has 32 heavy (non-hydrogen) atoms. The molecule has 1 saturated heterocycles. The fourth-order valence-electron chi connectivity index (χ4n) is 4.28. The third kappa shape index (κ3) is 4.56. The van der Waals surface area contributed by atoms with Crippen LogP contribution in [0, 0.1) is 5.92 Å². The maximum atomic E-state index is 12.7. The molecule has 0 unspecified atom stereocenters. The largest absolute Gasteiger partial charge is 0.346 e. The van der Waals surface area contributed by atoms with Crippen molar-refractivity contribution in [2.75, 3.05) is 49.5 Å². The second-order valence-electron chi connectivity index (χ2n) is 8.81. The van der Waals surface area contributed by atoms with Crippen LogP contribution >= 0.6 is 0 Å². The molecule has 2 N–H and O–H groups in total. The Kier molecular flexibility index (Phi) is 5.50. The number of aromatic nitrogens is 2. The van der Waals surface area contributed by atoms with E-state index in [1.165, 1.54) is 0 Å². The van der Waals surface area contributed by atoms with Crippen LogP contribution in [-0.4, -0.2) is 84.2 Å². The number of carbonyl (C=O) groups excluding carboxylic acids is 2. The lowest BCUT2D eigenvalue weighted by Gasteiger charge is -2.31. The van der Waals surface area contributed by atoms with Crippen LogP contribution in [0.1, 0.15) is 24.8 Å². The lowest BCUT2D eigenvalue weighted by Crippen LogP contribution is -2.47. The molecule has 0 radical (unpaired) electrons. The molecule has 9 nitrogen and oxygen atoms in total. The predicted octanol–water partition coefficient (Wildman–Crippen LogP) is 1.26. The molecule has 5 rings (SSSR count). The van der Waals surface area contributed by atoms with Crippen molar-refractivity contribution in [3.63, 3.8) is 0 Å². The van der Waals surface area contributed by atoms with E-state index >= 15 is 0 Å². The fraction of sp³-hybridized carbons (Fsp3) is 0.500. The maximum Gasteiger partial charge on any atom is 0.237 e. The molecule has 0 bridgehead atoms. The van der Waals surface area contributed by atoms with Crippen LogP contribution in [0.4, 0.5) is 5.82 Å². The van der Waals surface area contributed by atoms with Gasteiger partial charge in [0.1, 0.15) is 11.5 Å². The molecule has 1 saturated carbocycles. The summed E-state index contributed by atoms with van der Waals surface area (Å²) in [5, 5.41) is 3.93. The number of hydrogen-bond acceptors (Lipinski definition) is 6. The van der Waals surface area contributed by atoms with Crippen molar-refractivity contribution in [1.29, 1.82) is 0 Å². The highest BCUT2D eigenvalue weighted by atomic mass is 32.2. The van der Waals surface area contributed by atoms with Gasteiger partial charge >= 0.3 is 0 Å². The summed E-state index contributed by atoms with van der Waals surface area (Å²) in [6.45, 7) is 2.21. The van der Waals surface area contributed by atoms with Gasteiger partial charge in [0.2, 0.25) is 11.8 Å². The van der Waals surface area contributed by atoms with Crippen molar-refractivity contribution in [2.24, 2.45) is 5.92 Å². The number of carbonyl (C=O) groups is 2. The highest BCUT2D eigenvalue weighted by Gasteiger charge is 2.30. The zero-order valence-corrected chi connectivity index (χ0v) is 18.7. The monoisotopic (exact) mass is 457 g/mol. The van der Waals surface area contributed by atoms with E-state index in [1.54, 1.807) is 0 Å². The summed E-state index contributed by atoms with van der Waals surface area (Å²) in [6.07, 6.45) is 6.49. The fourth-order valence-corrected chi connectivity index (χ4v) is 5.56. The van der Waals surface area contributed by atoms with E-state index in [2.05, 4.69) is 21.4 Å². The number of pyridine rings is 1. The smallest absolute Gasteiger partial charge is 0.237 e. The normalized spacial score (nSPS) is 21.4. The first-order chi connectivity index (χ1) is 15.4. The number of sulfone groups is 1. The second kappa shape index (κ2) is 8.32. The van der Waals surface area contributed by atoms with Gasteiger partial charge in [-0.05, 0) is 42.5 Å². The van der Waals surface area contributed by atoms with Crippen LogP contribution in [0.25, 0.3) is 16.6 Å². The zero-order chi connectivity index (χ0) is 22.3. The summed E-state index contributed by atoms with van der Waals surface area (Å²) in [5.74, 6) is 0.948.